The lowest BCUT2D eigenvalue weighted by Crippen LogP contribution is -2.35. The average molecular weight is 333 g/mol. The van der Waals surface area contributed by atoms with E-state index in [4.69, 9.17) is 26.5 Å². The molecule has 1 rings (SSSR count). The predicted molar refractivity (Wildman–Crippen MR) is 84.7 cm³/mol. The quantitative estimate of drug-likeness (QED) is 0.681. The molecule has 0 fully saturated rings. The summed E-state index contributed by atoms with van der Waals surface area (Å²) in [5.41, 5.74) is -4.35. The van der Waals surface area contributed by atoms with Crippen LogP contribution >= 0.6 is 0 Å². The molecule has 0 bridgehead atoms. The van der Waals surface area contributed by atoms with E-state index in [9.17, 15) is 9.59 Å². The normalized spacial score (nSPS) is 21.1. The first-order chi connectivity index (χ1) is 14.3. The van der Waals surface area contributed by atoms with Crippen molar-refractivity contribution in [3.63, 3.8) is 0 Å². The SMILES string of the molecule is [2H]C([2H])(OC(C)=O)C([2H])([2H])[C@](OC(C)=O)(C([2H])([2H])[2H])C([2H])([2H])c1ccc(OC)c(OC)c1. The highest BCUT2D eigenvalue weighted by Crippen LogP contribution is 2.30. The zero-order chi connectivity index (χ0) is 25.3. The highest BCUT2D eigenvalue weighted by molar-refractivity contribution is 5.67. The molecule has 0 aliphatic carbocycles. The van der Waals surface area contributed by atoms with E-state index in [-0.39, 0.29) is 11.5 Å². The maximum absolute atomic E-state index is 11.9. The third-order valence-corrected chi connectivity index (χ3v) is 2.42. The van der Waals surface area contributed by atoms with Gasteiger partial charge in [-0.25, -0.2) is 0 Å². The van der Waals surface area contributed by atoms with Crippen LogP contribution in [0.25, 0.3) is 0 Å². The molecule has 0 spiro atoms. The van der Waals surface area contributed by atoms with Crippen molar-refractivity contribution in [2.45, 2.75) is 39.0 Å². The van der Waals surface area contributed by atoms with Gasteiger partial charge in [-0.3, -0.25) is 9.59 Å². The summed E-state index contributed by atoms with van der Waals surface area (Å²) in [6.07, 6.45) is -7.35. The Morgan fingerprint density at radius 2 is 1.87 bits per heavy atom. The Bertz CT molecular complexity index is 869. The molecule has 128 valence electrons. The molecule has 0 N–H and O–H groups in total. The number of ether oxygens (including phenoxy) is 4. The van der Waals surface area contributed by atoms with Crippen LogP contribution in [-0.2, 0) is 25.4 Å². The van der Waals surface area contributed by atoms with Crippen LogP contribution in [0.1, 0.15) is 45.0 Å². The van der Waals surface area contributed by atoms with Gasteiger partial charge < -0.3 is 18.9 Å². The molecule has 0 unspecified atom stereocenters. The molecular formula is C17H24O6. The van der Waals surface area contributed by atoms with Crippen LogP contribution in [0.4, 0.5) is 0 Å². The van der Waals surface area contributed by atoms with E-state index in [1.165, 1.54) is 20.3 Å². The standard InChI is InChI=1S/C17H24O6/c1-12(18)22-9-8-17(3,23-13(2)19)11-14-6-7-15(20-4)16(10-14)21-5/h6-7,10H,8-9,11H2,1-5H3/t17-/m1/s1/i3D3,8D2,9D2,11D2. The molecule has 0 saturated carbocycles. The van der Waals surface area contributed by atoms with E-state index < -0.39 is 49.3 Å². The van der Waals surface area contributed by atoms with Gasteiger partial charge in [0.05, 0.1) is 23.5 Å². The van der Waals surface area contributed by atoms with Crippen molar-refractivity contribution in [1.82, 2.24) is 0 Å². The zero-order valence-corrected chi connectivity index (χ0v) is 13.2. The fourth-order valence-electron chi connectivity index (χ4n) is 1.58. The lowest BCUT2D eigenvalue weighted by atomic mass is 9.93. The number of benzene rings is 1. The number of rotatable bonds is 8. The second-order valence-corrected chi connectivity index (χ2v) is 4.29. The van der Waals surface area contributed by atoms with Gasteiger partial charge in [0.25, 0.3) is 0 Å². The molecule has 1 aromatic carbocycles. The van der Waals surface area contributed by atoms with E-state index in [1.807, 2.05) is 0 Å². The fraction of sp³-hybridized carbons (Fsp3) is 0.529. The van der Waals surface area contributed by atoms with Crippen LogP contribution in [-0.4, -0.2) is 38.3 Å². The van der Waals surface area contributed by atoms with Crippen molar-refractivity contribution in [3.05, 3.63) is 23.8 Å². The van der Waals surface area contributed by atoms with Gasteiger partial charge in [0.15, 0.2) is 11.5 Å². The Balaban J connectivity index is 4.07. The maximum atomic E-state index is 11.9. The summed E-state index contributed by atoms with van der Waals surface area (Å²) < 4.78 is 92.9. The summed E-state index contributed by atoms with van der Waals surface area (Å²) in [5.74, 6) is -2.64. The summed E-state index contributed by atoms with van der Waals surface area (Å²) >= 11 is 0. The van der Waals surface area contributed by atoms with Crippen molar-refractivity contribution in [1.29, 1.82) is 0 Å². The van der Waals surface area contributed by atoms with Crippen LogP contribution in [0, 0.1) is 0 Å². The van der Waals surface area contributed by atoms with Crippen LogP contribution < -0.4 is 9.47 Å². The third kappa shape index (κ3) is 6.18. The zero-order valence-electron chi connectivity index (χ0n) is 22.2. The van der Waals surface area contributed by atoms with Crippen LogP contribution in [0.3, 0.4) is 0 Å². The molecule has 0 amide bonds. The van der Waals surface area contributed by atoms with E-state index >= 15 is 0 Å². The maximum Gasteiger partial charge on any atom is 0.303 e. The summed E-state index contributed by atoms with van der Waals surface area (Å²) in [7, 11) is 2.52. The lowest BCUT2D eigenvalue weighted by molar-refractivity contribution is -0.158. The number of hydrogen-bond donors (Lipinski definition) is 0. The van der Waals surface area contributed by atoms with Crippen LogP contribution in [0.2, 0.25) is 0 Å². The highest BCUT2D eigenvalue weighted by atomic mass is 16.6. The first-order valence-corrected chi connectivity index (χ1v) is 6.44. The number of carbonyl (C=O) groups is 2. The number of esters is 2. The molecule has 1 atom stereocenters. The van der Waals surface area contributed by atoms with Gasteiger partial charge in [0, 0.05) is 36.2 Å². The van der Waals surface area contributed by atoms with Crippen molar-refractivity contribution in [3.8, 4) is 11.5 Å². The Morgan fingerprint density at radius 1 is 1.17 bits per heavy atom. The van der Waals surface area contributed by atoms with Crippen molar-refractivity contribution >= 4 is 11.9 Å². The topological polar surface area (TPSA) is 71.1 Å². The average Bonchev–Trinajstić information content (AvgIpc) is 2.62. The Labute approximate surface area is 149 Å². The molecule has 0 aliphatic heterocycles. The van der Waals surface area contributed by atoms with Crippen molar-refractivity contribution in [2.24, 2.45) is 0 Å². The Kier molecular flexibility index (Phi) is 3.35. The van der Waals surface area contributed by atoms with E-state index in [0.717, 1.165) is 19.1 Å². The monoisotopic (exact) mass is 333 g/mol. The smallest absolute Gasteiger partial charge is 0.303 e. The Hall–Kier alpha value is -2.24. The van der Waals surface area contributed by atoms with Gasteiger partial charge in [-0.1, -0.05) is 6.07 Å². The second-order valence-electron chi connectivity index (χ2n) is 4.29. The lowest BCUT2D eigenvalue weighted by Gasteiger charge is -2.29. The van der Waals surface area contributed by atoms with E-state index in [2.05, 4.69) is 4.74 Å². The number of methoxy groups -OCH3 is 2. The first-order valence-electron chi connectivity index (χ1n) is 10.9. The summed E-state index contributed by atoms with van der Waals surface area (Å²) in [6, 6.07) is 3.25. The molecule has 0 heterocycles. The second kappa shape index (κ2) is 8.41. The third-order valence-electron chi connectivity index (χ3n) is 2.42. The molecule has 6 heteroatoms. The number of carbonyl (C=O) groups excluding carboxylic acids is 2. The Morgan fingerprint density at radius 3 is 2.39 bits per heavy atom. The number of hydrogen-bond acceptors (Lipinski definition) is 6. The highest BCUT2D eigenvalue weighted by Gasteiger charge is 2.29. The molecular weight excluding hydrogens is 300 g/mol. The summed E-state index contributed by atoms with van der Waals surface area (Å²) in [6.45, 7) is -6.07. The summed E-state index contributed by atoms with van der Waals surface area (Å²) in [4.78, 5) is 23.3. The minimum absolute atomic E-state index is 0.0558. The molecule has 0 aromatic heterocycles. The summed E-state index contributed by atoms with van der Waals surface area (Å²) in [5, 5.41) is 0. The minimum Gasteiger partial charge on any atom is -0.493 e. The molecule has 0 saturated heterocycles. The van der Waals surface area contributed by atoms with Gasteiger partial charge in [-0.05, 0) is 24.5 Å². The molecule has 0 radical (unpaired) electrons. The largest absolute Gasteiger partial charge is 0.493 e. The van der Waals surface area contributed by atoms with Crippen molar-refractivity contribution in [2.75, 3.05) is 20.8 Å². The van der Waals surface area contributed by atoms with E-state index in [0.29, 0.717) is 6.92 Å². The minimum atomic E-state index is -3.93. The van der Waals surface area contributed by atoms with Gasteiger partial charge >= 0.3 is 11.9 Å². The van der Waals surface area contributed by atoms with Gasteiger partial charge in [-0.15, -0.1) is 0 Å². The first kappa shape index (κ1) is 9.15. The van der Waals surface area contributed by atoms with Crippen LogP contribution in [0.15, 0.2) is 18.2 Å². The molecule has 1 aromatic rings. The molecule has 0 aliphatic rings. The van der Waals surface area contributed by atoms with E-state index in [1.54, 1.807) is 0 Å². The van der Waals surface area contributed by atoms with Gasteiger partial charge in [0.2, 0.25) is 0 Å². The fourth-order valence-corrected chi connectivity index (χ4v) is 1.58. The molecule has 23 heavy (non-hydrogen) atoms. The van der Waals surface area contributed by atoms with Gasteiger partial charge in [-0.2, -0.15) is 0 Å². The van der Waals surface area contributed by atoms with Crippen LogP contribution in [0.5, 0.6) is 11.5 Å². The predicted octanol–water partition coefficient (Wildman–Crippen LogP) is 2.52. The van der Waals surface area contributed by atoms with Crippen molar-refractivity contribution < 1.29 is 40.9 Å². The molecule has 6 nitrogen and oxygen atoms in total. The van der Waals surface area contributed by atoms with Gasteiger partial charge in [0.1, 0.15) is 5.60 Å².